The number of ether oxygens (including phenoxy) is 1. The molecule has 0 aliphatic carbocycles. The molecule has 210 valence electrons. The minimum absolute atomic E-state index is 0.235. The summed E-state index contributed by atoms with van der Waals surface area (Å²) >= 11 is 0. The van der Waals surface area contributed by atoms with Gasteiger partial charge in [0.15, 0.2) is 0 Å². The van der Waals surface area contributed by atoms with Crippen molar-refractivity contribution in [3.05, 3.63) is 65.7 Å². The number of hydrogen-bond donors (Lipinski definition) is 1. The van der Waals surface area contributed by atoms with Crippen molar-refractivity contribution in [1.29, 1.82) is 0 Å². The summed E-state index contributed by atoms with van der Waals surface area (Å²) in [5.74, 6) is 1.19. The molecule has 0 spiro atoms. The van der Waals surface area contributed by atoms with Crippen LogP contribution >= 0.6 is 0 Å². The monoisotopic (exact) mass is 544 g/mol. The number of anilines is 1. The van der Waals surface area contributed by atoms with Crippen LogP contribution < -0.4 is 10.1 Å². The van der Waals surface area contributed by atoms with Crippen LogP contribution in [-0.4, -0.2) is 65.3 Å². The Morgan fingerprint density at radius 1 is 1.15 bits per heavy atom. The van der Waals surface area contributed by atoms with Gasteiger partial charge in [-0.15, -0.1) is 13.2 Å². The van der Waals surface area contributed by atoms with E-state index in [9.17, 15) is 13.2 Å². The molecule has 39 heavy (non-hydrogen) atoms. The molecule has 1 saturated heterocycles. The molecule has 8 nitrogen and oxygen atoms in total. The fraction of sp³-hybridized carbons (Fsp3) is 0.429. The summed E-state index contributed by atoms with van der Waals surface area (Å²) in [5, 5.41) is 7.20. The highest BCUT2D eigenvalue weighted by atomic mass is 19.4. The van der Waals surface area contributed by atoms with Crippen LogP contribution in [0, 0.1) is 0 Å². The van der Waals surface area contributed by atoms with Gasteiger partial charge in [-0.3, -0.25) is 4.99 Å². The third-order valence-electron chi connectivity index (χ3n) is 5.82. The van der Waals surface area contributed by atoms with Crippen molar-refractivity contribution >= 4 is 11.5 Å². The van der Waals surface area contributed by atoms with Crippen molar-refractivity contribution in [2.75, 3.05) is 38.5 Å². The Morgan fingerprint density at radius 3 is 2.49 bits per heavy atom. The minimum Gasteiger partial charge on any atom is -0.406 e. The second-order valence-corrected chi connectivity index (χ2v) is 9.20. The Kier molecular flexibility index (Phi) is 11.0. The van der Waals surface area contributed by atoms with Crippen molar-refractivity contribution in [2.24, 2.45) is 4.99 Å². The normalized spacial score (nSPS) is 14.0. The maximum atomic E-state index is 12.1. The number of allylic oxidation sites excluding steroid dienone is 2. The maximum absolute atomic E-state index is 12.1. The van der Waals surface area contributed by atoms with E-state index in [-0.39, 0.29) is 17.5 Å². The molecule has 0 amide bonds. The lowest BCUT2D eigenvalue weighted by Crippen LogP contribution is -2.26. The number of alkyl halides is 3. The van der Waals surface area contributed by atoms with E-state index in [2.05, 4.69) is 54.1 Å². The van der Waals surface area contributed by atoms with E-state index in [0.717, 1.165) is 30.9 Å². The van der Waals surface area contributed by atoms with E-state index >= 15 is 0 Å². The van der Waals surface area contributed by atoms with E-state index in [1.807, 2.05) is 20.0 Å². The zero-order chi connectivity index (χ0) is 28.3. The quantitative estimate of drug-likeness (QED) is 0.322. The summed E-state index contributed by atoms with van der Waals surface area (Å²) in [6, 6.07) is 9.42. The third kappa shape index (κ3) is 10.2. The van der Waals surface area contributed by atoms with Gasteiger partial charge in [0.05, 0.1) is 0 Å². The number of likely N-dealkylation sites (tertiary alicyclic amines) is 1. The summed E-state index contributed by atoms with van der Waals surface area (Å²) in [4.78, 5) is 15.1. The van der Waals surface area contributed by atoms with E-state index < -0.39 is 6.36 Å². The molecule has 0 saturated carbocycles. The SMILES string of the molecule is CCc1ccnc(NCCN2CCCC2)c1.CN=C(C=C(C)C)c1nc(-c2ccc(OC(F)(F)F)cc2)no1. The number of aryl methyl sites for hydroxylation is 1. The fourth-order valence-electron chi connectivity index (χ4n) is 3.89. The van der Waals surface area contributed by atoms with Gasteiger partial charge in [0.25, 0.3) is 5.89 Å². The van der Waals surface area contributed by atoms with E-state index in [1.165, 1.54) is 55.8 Å². The van der Waals surface area contributed by atoms with Crippen LogP contribution in [0.4, 0.5) is 19.0 Å². The van der Waals surface area contributed by atoms with Crippen LogP contribution in [0.5, 0.6) is 5.75 Å². The first kappa shape index (κ1) is 29.8. The van der Waals surface area contributed by atoms with Crippen LogP contribution in [0.15, 0.2) is 63.8 Å². The number of rotatable bonds is 9. The van der Waals surface area contributed by atoms with Crippen LogP contribution in [-0.2, 0) is 6.42 Å². The standard InChI is InChI=1S/C15H14F3N3O2.C13H21N3/c1-9(2)8-12(19-3)14-20-13(21-23-14)10-4-6-11(7-5-10)22-15(16,17)18;1-2-12-5-6-14-13(11-12)15-7-10-16-8-3-4-9-16/h4-8H,1-3H3;5-6,11H,2-4,7-10H2,1H3,(H,14,15). The maximum Gasteiger partial charge on any atom is 0.573 e. The van der Waals surface area contributed by atoms with Gasteiger partial charge in [-0.05, 0) is 94.2 Å². The molecule has 1 aliphatic heterocycles. The average molecular weight is 545 g/mol. The van der Waals surface area contributed by atoms with Crippen LogP contribution in [0.1, 0.15) is 45.1 Å². The molecule has 1 N–H and O–H groups in total. The predicted octanol–water partition coefficient (Wildman–Crippen LogP) is 6.17. The molecule has 4 rings (SSSR count). The number of pyridine rings is 1. The summed E-state index contributed by atoms with van der Waals surface area (Å²) < 4.78 is 45.3. The van der Waals surface area contributed by atoms with E-state index in [1.54, 1.807) is 13.1 Å². The first-order valence-corrected chi connectivity index (χ1v) is 12.9. The fourth-order valence-corrected chi connectivity index (χ4v) is 3.89. The highest BCUT2D eigenvalue weighted by Gasteiger charge is 2.31. The van der Waals surface area contributed by atoms with Crippen molar-refractivity contribution in [3.8, 4) is 17.1 Å². The molecule has 11 heteroatoms. The summed E-state index contributed by atoms with van der Waals surface area (Å²) in [6.07, 6.45) is 2.75. The molecular formula is C28H35F3N6O2. The van der Waals surface area contributed by atoms with Gasteiger partial charge in [0, 0.05) is 31.9 Å². The van der Waals surface area contributed by atoms with Gasteiger partial charge in [0.1, 0.15) is 17.3 Å². The second-order valence-electron chi connectivity index (χ2n) is 9.20. The van der Waals surface area contributed by atoms with Gasteiger partial charge >= 0.3 is 6.36 Å². The zero-order valence-electron chi connectivity index (χ0n) is 22.8. The number of aliphatic imine (C=N–C) groups is 1. The van der Waals surface area contributed by atoms with Gasteiger partial charge in [0.2, 0.25) is 5.82 Å². The van der Waals surface area contributed by atoms with E-state index in [4.69, 9.17) is 4.52 Å². The van der Waals surface area contributed by atoms with Crippen LogP contribution in [0.25, 0.3) is 11.4 Å². The molecule has 3 aromatic rings. The van der Waals surface area contributed by atoms with Gasteiger partial charge < -0.3 is 19.5 Å². The second kappa shape index (κ2) is 14.4. The minimum atomic E-state index is -4.72. The summed E-state index contributed by atoms with van der Waals surface area (Å²) in [5.41, 5.74) is 3.39. The largest absolute Gasteiger partial charge is 0.573 e. The molecule has 0 radical (unpaired) electrons. The van der Waals surface area contributed by atoms with Gasteiger partial charge in [-0.25, -0.2) is 4.98 Å². The number of nitrogens with one attached hydrogen (secondary N) is 1. The first-order valence-electron chi connectivity index (χ1n) is 12.9. The molecule has 3 heterocycles. The zero-order valence-corrected chi connectivity index (χ0v) is 22.8. The van der Waals surface area contributed by atoms with Gasteiger partial charge in [-0.1, -0.05) is 17.7 Å². The molecule has 1 aromatic carbocycles. The lowest BCUT2D eigenvalue weighted by Gasteiger charge is -2.15. The topological polar surface area (TPSA) is 88.7 Å². The molecule has 0 unspecified atom stereocenters. The first-order chi connectivity index (χ1) is 18.7. The number of aromatic nitrogens is 3. The molecule has 2 aromatic heterocycles. The van der Waals surface area contributed by atoms with Crippen LogP contribution in [0.2, 0.25) is 0 Å². The van der Waals surface area contributed by atoms with Crippen molar-refractivity contribution in [3.63, 3.8) is 0 Å². The number of halogens is 3. The highest BCUT2D eigenvalue weighted by Crippen LogP contribution is 2.25. The molecule has 1 fully saturated rings. The summed E-state index contributed by atoms with van der Waals surface area (Å²) in [6.45, 7) is 10.7. The molecule has 0 atom stereocenters. The molecule has 1 aliphatic rings. The Balaban J connectivity index is 0.000000230. The van der Waals surface area contributed by atoms with Gasteiger partial charge in [-0.2, -0.15) is 4.98 Å². The Hall–Kier alpha value is -3.73. The third-order valence-corrected chi connectivity index (χ3v) is 5.82. The van der Waals surface area contributed by atoms with Crippen LogP contribution in [0.3, 0.4) is 0 Å². The van der Waals surface area contributed by atoms with Crippen molar-refractivity contribution in [2.45, 2.75) is 46.4 Å². The molecule has 0 bridgehead atoms. The Bertz CT molecular complexity index is 1230. The number of hydrogen-bond acceptors (Lipinski definition) is 8. The van der Waals surface area contributed by atoms with E-state index in [0.29, 0.717) is 11.3 Å². The lowest BCUT2D eigenvalue weighted by molar-refractivity contribution is -0.274. The Labute approximate surface area is 227 Å². The summed E-state index contributed by atoms with van der Waals surface area (Å²) in [7, 11) is 1.60. The molecular weight excluding hydrogens is 509 g/mol. The number of nitrogens with zero attached hydrogens (tertiary/aromatic N) is 5. The lowest BCUT2D eigenvalue weighted by atomic mass is 10.2. The smallest absolute Gasteiger partial charge is 0.406 e. The average Bonchev–Trinajstić information content (AvgIpc) is 3.60. The predicted molar refractivity (Wildman–Crippen MR) is 146 cm³/mol. The van der Waals surface area contributed by atoms with Crippen molar-refractivity contribution < 1.29 is 22.4 Å². The highest BCUT2D eigenvalue weighted by molar-refractivity contribution is 6.05. The van der Waals surface area contributed by atoms with Crippen molar-refractivity contribution in [1.82, 2.24) is 20.0 Å². The Morgan fingerprint density at radius 2 is 1.87 bits per heavy atom. The number of benzene rings is 1.